The van der Waals surface area contributed by atoms with Crippen LogP contribution in [0.1, 0.15) is 22.4 Å². The molecule has 0 unspecified atom stereocenters. The predicted octanol–water partition coefficient (Wildman–Crippen LogP) is 5.61. The third-order valence-electron chi connectivity index (χ3n) is 3.99. The molecule has 2 aromatic carbocycles. The molecule has 1 aromatic heterocycles. The van der Waals surface area contributed by atoms with Crippen molar-refractivity contribution in [3.05, 3.63) is 63.8 Å². The number of nitriles is 1. The average Bonchev–Trinajstić information content (AvgIpc) is 3.14. The van der Waals surface area contributed by atoms with Gasteiger partial charge in [-0.2, -0.15) is 31.6 Å². The molecule has 0 saturated carbocycles. The molecule has 0 aliphatic carbocycles. The minimum absolute atomic E-state index is 0.00119. The summed E-state index contributed by atoms with van der Waals surface area (Å²) in [5.74, 6) is -0.105. The normalized spacial score (nSPS) is 11.9. The highest BCUT2D eigenvalue weighted by atomic mass is 35.5. The van der Waals surface area contributed by atoms with Crippen molar-refractivity contribution in [1.29, 1.82) is 5.26 Å². The molecule has 3 aromatic rings. The third kappa shape index (κ3) is 4.49. The van der Waals surface area contributed by atoms with E-state index in [0.29, 0.717) is 23.8 Å². The van der Waals surface area contributed by atoms with Crippen molar-refractivity contribution < 1.29 is 31.1 Å². The summed E-state index contributed by atoms with van der Waals surface area (Å²) in [6, 6.07) is 7.03. The van der Waals surface area contributed by atoms with Gasteiger partial charge in [-0.25, -0.2) is 5.10 Å². The van der Waals surface area contributed by atoms with Crippen molar-refractivity contribution in [2.45, 2.75) is 19.0 Å². The van der Waals surface area contributed by atoms with E-state index in [9.17, 15) is 26.3 Å². The van der Waals surface area contributed by atoms with Crippen LogP contribution in [0.5, 0.6) is 5.75 Å². The highest BCUT2D eigenvalue weighted by molar-refractivity contribution is 6.32. The second kappa shape index (κ2) is 7.87. The molecule has 0 fully saturated rings. The number of H-pyrrole nitrogens is 1. The number of aromatic amines is 1. The molecule has 5 nitrogen and oxygen atoms in total. The molecule has 12 heteroatoms. The molecule has 0 radical (unpaired) electrons. The monoisotopic (exact) mass is 446 g/mol. The van der Waals surface area contributed by atoms with Gasteiger partial charge in [0.2, 0.25) is 0 Å². The molecule has 0 aliphatic heterocycles. The number of nitrogens with one attached hydrogen (secondary N) is 1. The Morgan fingerprint density at radius 3 is 2.40 bits per heavy atom. The van der Waals surface area contributed by atoms with Gasteiger partial charge in [-0.1, -0.05) is 22.9 Å². The van der Waals surface area contributed by atoms with E-state index in [0.717, 1.165) is 0 Å². The maximum Gasteiger partial charge on any atom is 0.416 e. The van der Waals surface area contributed by atoms with E-state index >= 15 is 0 Å². The summed E-state index contributed by atoms with van der Waals surface area (Å²) in [7, 11) is 0. The fourth-order valence-corrected chi connectivity index (χ4v) is 2.76. The van der Waals surface area contributed by atoms with Crippen LogP contribution < -0.4 is 4.74 Å². The molecule has 3 rings (SSSR count). The van der Waals surface area contributed by atoms with E-state index in [4.69, 9.17) is 21.6 Å². The minimum Gasteiger partial charge on any atom is -0.487 e. The van der Waals surface area contributed by atoms with Crippen LogP contribution in [0.25, 0.3) is 11.3 Å². The number of halogens is 7. The lowest BCUT2D eigenvalue weighted by Crippen LogP contribution is -2.14. The van der Waals surface area contributed by atoms with Crippen LogP contribution in [-0.2, 0) is 19.0 Å². The molecule has 156 valence electrons. The third-order valence-corrected chi connectivity index (χ3v) is 4.30. The van der Waals surface area contributed by atoms with Crippen molar-refractivity contribution in [3.63, 3.8) is 0 Å². The molecule has 0 saturated heterocycles. The second-order valence-corrected chi connectivity index (χ2v) is 6.36. The summed E-state index contributed by atoms with van der Waals surface area (Å²) in [5, 5.41) is 18.6. The average molecular weight is 447 g/mol. The van der Waals surface area contributed by atoms with Crippen molar-refractivity contribution in [3.8, 4) is 23.1 Å². The molecule has 1 N–H and O–H groups in total. The number of hydrogen-bond donors (Lipinski definition) is 1. The number of hydrogen-bond acceptors (Lipinski definition) is 4. The zero-order valence-electron chi connectivity index (χ0n) is 14.6. The van der Waals surface area contributed by atoms with Gasteiger partial charge in [0.15, 0.2) is 5.69 Å². The Labute approximate surface area is 169 Å². The maximum atomic E-state index is 13.2. The first kappa shape index (κ1) is 21.4. The van der Waals surface area contributed by atoms with Crippen LogP contribution >= 0.6 is 11.6 Å². The first-order valence-electron chi connectivity index (χ1n) is 8.02. The smallest absolute Gasteiger partial charge is 0.416 e. The maximum absolute atomic E-state index is 13.2. The molecule has 0 bridgehead atoms. The summed E-state index contributed by atoms with van der Waals surface area (Å²) < 4.78 is 83.7. The van der Waals surface area contributed by atoms with Gasteiger partial charge in [-0.05, 0) is 30.3 Å². The Balaban J connectivity index is 1.95. The summed E-state index contributed by atoms with van der Waals surface area (Å²) in [5.41, 5.74) is -2.71. The molecule has 1 heterocycles. The number of aromatic nitrogens is 3. The highest BCUT2D eigenvalue weighted by Gasteiger charge is 2.37. The van der Waals surface area contributed by atoms with Gasteiger partial charge >= 0.3 is 12.4 Å². The Morgan fingerprint density at radius 1 is 1.03 bits per heavy atom. The standard InChI is InChI=1S/C18H9ClF6N4O/c19-13-4-1-9(16-14(7-26)27-29-28-16)6-15(13)30-8-10-5-11(17(20,21)22)2-3-12(10)18(23,24)25/h1-6H,8H2,(H,27,28,29). The van der Waals surface area contributed by atoms with Crippen LogP contribution in [0.15, 0.2) is 36.4 Å². The van der Waals surface area contributed by atoms with Crippen molar-refractivity contribution in [1.82, 2.24) is 15.4 Å². The zero-order chi connectivity index (χ0) is 22.1. The number of alkyl halides is 6. The molecule has 0 amide bonds. The van der Waals surface area contributed by atoms with Gasteiger partial charge in [0.25, 0.3) is 0 Å². The van der Waals surface area contributed by atoms with E-state index in [1.165, 1.54) is 18.2 Å². The lowest BCUT2D eigenvalue weighted by Gasteiger charge is -2.17. The number of ether oxygens (including phenoxy) is 1. The fourth-order valence-electron chi connectivity index (χ4n) is 2.59. The minimum atomic E-state index is -4.88. The summed E-state index contributed by atoms with van der Waals surface area (Å²) in [6.45, 7) is -0.828. The van der Waals surface area contributed by atoms with Crippen LogP contribution in [-0.4, -0.2) is 15.4 Å². The largest absolute Gasteiger partial charge is 0.487 e. The van der Waals surface area contributed by atoms with E-state index in [2.05, 4.69) is 15.4 Å². The topological polar surface area (TPSA) is 74.6 Å². The Kier molecular flexibility index (Phi) is 5.63. The quantitative estimate of drug-likeness (QED) is 0.528. The van der Waals surface area contributed by atoms with Gasteiger partial charge < -0.3 is 4.74 Å². The molecular formula is C18H9ClF6N4O. The van der Waals surface area contributed by atoms with E-state index < -0.39 is 35.6 Å². The van der Waals surface area contributed by atoms with Crippen LogP contribution in [0.4, 0.5) is 26.3 Å². The molecule has 0 atom stereocenters. The predicted molar refractivity (Wildman–Crippen MR) is 92.3 cm³/mol. The van der Waals surface area contributed by atoms with Crippen molar-refractivity contribution in [2.75, 3.05) is 0 Å². The van der Waals surface area contributed by atoms with Gasteiger partial charge in [0.05, 0.1) is 16.1 Å². The number of nitrogens with zero attached hydrogens (tertiary/aromatic N) is 3. The lowest BCUT2D eigenvalue weighted by atomic mass is 10.0. The summed E-state index contributed by atoms with van der Waals surface area (Å²) >= 11 is 5.99. The van der Waals surface area contributed by atoms with Crippen molar-refractivity contribution >= 4 is 11.6 Å². The Bertz CT molecular complexity index is 1120. The fraction of sp³-hybridized carbons (Fsp3) is 0.167. The summed E-state index contributed by atoms with van der Waals surface area (Å²) in [4.78, 5) is 0. The van der Waals surface area contributed by atoms with E-state index in [1.807, 2.05) is 6.07 Å². The summed E-state index contributed by atoms with van der Waals surface area (Å²) in [6.07, 6.45) is -9.70. The van der Waals surface area contributed by atoms with Crippen LogP contribution in [0.3, 0.4) is 0 Å². The van der Waals surface area contributed by atoms with E-state index in [1.54, 1.807) is 0 Å². The number of rotatable bonds is 4. The van der Waals surface area contributed by atoms with Gasteiger partial charge in [-0.3, -0.25) is 0 Å². The Morgan fingerprint density at radius 2 is 1.77 bits per heavy atom. The van der Waals surface area contributed by atoms with Crippen LogP contribution in [0.2, 0.25) is 5.02 Å². The zero-order valence-corrected chi connectivity index (χ0v) is 15.3. The number of benzene rings is 2. The second-order valence-electron chi connectivity index (χ2n) is 5.95. The van der Waals surface area contributed by atoms with Gasteiger partial charge in [0, 0.05) is 11.1 Å². The Hall–Kier alpha value is -3.26. The molecule has 0 aliphatic rings. The van der Waals surface area contributed by atoms with E-state index in [-0.39, 0.29) is 22.2 Å². The molecule has 30 heavy (non-hydrogen) atoms. The first-order valence-corrected chi connectivity index (χ1v) is 8.39. The van der Waals surface area contributed by atoms with Gasteiger partial charge in [-0.15, -0.1) is 5.10 Å². The van der Waals surface area contributed by atoms with Crippen molar-refractivity contribution in [2.24, 2.45) is 0 Å². The molecule has 0 spiro atoms. The van der Waals surface area contributed by atoms with Gasteiger partial charge in [0.1, 0.15) is 24.1 Å². The first-order chi connectivity index (χ1) is 14.0. The molecular weight excluding hydrogens is 438 g/mol. The SMILES string of the molecule is N#Cc1[nH]nnc1-c1ccc(Cl)c(OCc2cc(C(F)(F)F)ccc2C(F)(F)F)c1. The lowest BCUT2D eigenvalue weighted by molar-refractivity contribution is -0.142. The van der Waals surface area contributed by atoms with Crippen LogP contribution in [0, 0.1) is 11.3 Å². The highest BCUT2D eigenvalue weighted by Crippen LogP contribution is 2.38.